The predicted molar refractivity (Wildman–Crippen MR) is 124 cm³/mol. The summed E-state index contributed by atoms with van der Waals surface area (Å²) in [6, 6.07) is 10.1. The number of carbonyl (C=O) groups excluding carboxylic acids is 1. The van der Waals surface area contributed by atoms with Crippen molar-refractivity contribution in [1.29, 1.82) is 0 Å². The smallest absolute Gasteiger partial charge is 0.215 e. The van der Waals surface area contributed by atoms with Crippen LogP contribution in [-0.2, 0) is 14.8 Å². The Labute approximate surface area is 188 Å². The molecular formula is C23H29N3O3S2. The van der Waals surface area contributed by atoms with Gasteiger partial charge in [0.2, 0.25) is 10.0 Å². The van der Waals surface area contributed by atoms with Crippen LogP contribution in [0.4, 0.5) is 5.13 Å². The van der Waals surface area contributed by atoms with Gasteiger partial charge in [-0.25, -0.2) is 13.4 Å². The maximum atomic E-state index is 13.3. The molecule has 1 saturated heterocycles. The third-order valence-electron chi connectivity index (χ3n) is 8.03. The second-order valence-corrected chi connectivity index (χ2v) is 12.5. The van der Waals surface area contributed by atoms with Gasteiger partial charge in [0, 0.05) is 49.0 Å². The van der Waals surface area contributed by atoms with Gasteiger partial charge in [-0.2, -0.15) is 4.31 Å². The van der Waals surface area contributed by atoms with Gasteiger partial charge in [0.15, 0.2) is 5.13 Å². The van der Waals surface area contributed by atoms with Crippen LogP contribution in [-0.4, -0.2) is 55.4 Å². The number of Topliss-reactive ketones (excluding diaryl/α,β-unsaturated/α-hetero) is 1. The Morgan fingerprint density at radius 3 is 2.45 bits per heavy atom. The lowest BCUT2D eigenvalue weighted by Gasteiger charge is -2.39. The van der Waals surface area contributed by atoms with E-state index in [1.165, 1.54) is 0 Å². The Morgan fingerprint density at radius 1 is 1.13 bits per heavy atom. The summed E-state index contributed by atoms with van der Waals surface area (Å²) in [5.74, 6) is 0.459. The molecular weight excluding hydrogens is 430 g/mol. The van der Waals surface area contributed by atoms with Crippen molar-refractivity contribution in [3.8, 4) is 11.3 Å². The van der Waals surface area contributed by atoms with Gasteiger partial charge in [0.05, 0.1) is 11.4 Å². The van der Waals surface area contributed by atoms with Crippen molar-refractivity contribution in [1.82, 2.24) is 9.29 Å². The average Bonchev–Trinajstić information content (AvgIpc) is 3.38. The molecule has 0 amide bonds. The molecule has 2 atom stereocenters. The second kappa shape index (κ2) is 7.39. The van der Waals surface area contributed by atoms with Crippen LogP contribution in [0.3, 0.4) is 0 Å². The molecule has 1 aliphatic heterocycles. The van der Waals surface area contributed by atoms with E-state index in [0.29, 0.717) is 44.9 Å². The zero-order chi connectivity index (χ0) is 21.9. The van der Waals surface area contributed by atoms with Crippen molar-refractivity contribution in [2.24, 2.45) is 16.7 Å². The van der Waals surface area contributed by atoms with Gasteiger partial charge in [-0.1, -0.05) is 44.2 Å². The molecule has 2 heterocycles. The second-order valence-electron chi connectivity index (χ2n) is 9.69. The Hall–Kier alpha value is -1.77. The molecule has 2 aromatic rings. The molecule has 3 fully saturated rings. The lowest BCUT2D eigenvalue weighted by Crippen LogP contribution is -2.52. The molecule has 3 aliphatic rings. The van der Waals surface area contributed by atoms with Gasteiger partial charge >= 0.3 is 0 Å². The lowest BCUT2D eigenvalue weighted by atomic mass is 9.70. The van der Waals surface area contributed by atoms with E-state index in [-0.39, 0.29) is 17.0 Å². The predicted octanol–water partition coefficient (Wildman–Crippen LogP) is 3.66. The number of hydrogen-bond acceptors (Lipinski definition) is 6. The van der Waals surface area contributed by atoms with Crippen LogP contribution in [0.2, 0.25) is 0 Å². The Bertz CT molecular complexity index is 1090. The first-order valence-corrected chi connectivity index (χ1v) is 13.5. The van der Waals surface area contributed by atoms with Crippen molar-refractivity contribution in [2.75, 3.05) is 36.8 Å². The highest BCUT2D eigenvalue weighted by Gasteiger charge is 2.65. The van der Waals surface area contributed by atoms with E-state index >= 15 is 0 Å². The van der Waals surface area contributed by atoms with E-state index in [0.717, 1.165) is 22.8 Å². The van der Waals surface area contributed by atoms with E-state index in [4.69, 9.17) is 4.98 Å². The largest absolute Gasteiger partial charge is 0.345 e. The number of fused-ring (bicyclic) bond motifs is 2. The molecule has 2 saturated carbocycles. The first kappa shape index (κ1) is 21.1. The number of aromatic nitrogens is 1. The minimum Gasteiger partial charge on any atom is -0.345 e. The number of rotatable bonds is 5. The Balaban J connectivity index is 1.26. The Morgan fingerprint density at radius 2 is 1.84 bits per heavy atom. The zero-order valence-corrected chi connectivity index (χ0v) is 19.7. The zero-order valence-electron chi connectivity index (χ0n) is 18.1. The topological polar surface area (TPSA) is 70.6 Å². The molecule has 5 rings (SSSR count). The fourth-order valence-electron chi connectivity index (χ4n) is 5.82. The minimum atomic E-state index is -3.49. The van der Waals surface area contributed by atoms with Crippen LogP contribution in [0, 0.1) is 16.7 Å². The van der Waals surface area contributed by atoms with Gasteiger partial charge in [-0.05, 0) is 24.2 Å². The standard InChI is InChI=1S/C23H29N3O3S2/c1-22(2)18-8-9-23(22,20(27)14-18)16-31(28,29)26-12-10-25(11-13-26)21-24-19(15-30-21)17-6-4-3-5-7-17/h3-7,15,18H,8-14,16H2,1-2H3/t18-,23-/m1/s1. The normalized spacial score (nSPS) is 28.4. The van der Waals surface area contributed by atoms with Gasteiger partial charge in [0.25, 0.3) is 0 Å². The third-order valence-corrected chi connectivity index (χ3v) is 10.9. The van der Waals surface area contributed by atoms with Crippen LogP contribution in [0.5, 0.6) is 0 Å². The third kappa shape index (κ3) is 3.34. The van der Waals surface area contributed by atoms with E-state index in [1.807, 2.05) is 30.3 Å². The number of anilines is 1. The minimum absolute atomic E-state index is 0.0300. The summed E-state index contributed by atoms with van der Waals surface area (Å²) in [6.07, 6.45) is 2.23. The van der Waals surface area contributed by atoms with Gasteiger partial charge in [-0.3, -0.25) is 4.79 Å². The van der Waals surface area contributed by atoms with Crippen molar-refractivity contribution in [2.45, 2.75) is 33.1 Å². The van der Waals surface area contributed by atoms with E-state index in [1.54, 1.807) is 15.6 Å². The number of piperazine rings is 1. The van der Waals surface area contributed by atoms with E-state index in [9.17, 15) is 13.2 Å². The van der Waals surface area contributed by atoms with E-state index < -0.39 is 15.4 Å². The molecule has 166 valence electrons. The summed E-state index contributed by atoms with van der Waals surface area (Å²) < 4.78 is 28.3. The number of carbonyl (C=O) groups is 1. The van der Waals surface area contributed by atoms with Crippen LogP contribution >= 0.6 is 11.3 Å². The first-order chi connectivity index (χ1) is 14.7. The van der Waals surface area contributed by atoms with Crippen molar-refractivity contribution >= 4 is 32.3 Å². The molecule has 0 unspecified atom stereocenters. The lowest BCUT2D eigenvalue weighted by molar-refractivity contribution is -0.128. The summed E-state index contributed by atoms with van der Waals surface area (Å²) in [5, 5.41) is 2.98. The number of benzene rings is 1. The summed E-state index contributed by atoms with van der Waals surface area (Å²) >= 11 is 1.60. The summed E-state index contributed by atoms with van der Waals surface area (Å²) in [6.45, 7) is 6.31. The highest BCUT2D eigenvalue weighted by Crippen LogP contribution is 2.64. The monoisotopic (exact) mass is 459 g/mol. The molecule has 1 aromatic carbocycles. The van der Waals surface area contributed by atoms with Crippen LogP contribution < -0.4 is 4.90 Å². The fourth-order valence-corrected chi connectivity index (χ4v) is 8.91. The molecule has 6 nitrogen and oxygen atoms in total. The molecule has 31 heavy (non-hydrogen) atoms. The van der Waals surface area contributed by atoms with Gasteiger partial charge in [-0.15, -0.1) is 11.3 Å². The summed E-state index contributed by atoms with van der Waals surface area (Å²) in [5.41, 5.74) is 1.11. The molecule has 2 aliphatic carbocycles. The SMILES string of the molecule is CC1(C)[C@@H]2CC[C@@]1(CS(=O)(=O)N1CCN(c3nc(-c4ccccc4)cs3)CC1)C(=O)C2. The highest BCUT2D eigenvalue weighted by molar-refractivity contribution is 7.89. The first-order valence-electron chi connectivity index (χ1n) is 11.0. The number of ketones is 1. The van der Waals surface area contributed by atoms with Crippen LogP contribution in [0.25, 0.3) is 11.3 Å². The summed E-state index contributed by atoms with van der Waals surface area (Å²) in [7, 11) is -3.49. The molecule has 8 heteroatoms. The number of sulfonamides is 1. The molecule has 0 spiro atoms. The van der Waals surface area contributed by atoms with Crippen molar-refractivity contribution in [3.63, 3.8) is 0 Å². The number of nitrogens with zero attached hydrogens (tertiary/aromatic N) is 3. The van der Waals surface area contributed by atoms with Crippen LogP contribution in [0.1, 0.15) is 33.1 Å². The number of hydrogen-bond donors (Lipinski definition) is 0. The maximum Gasteiger partial charge on any atom is 0.215 e. The van der Waals surface area contributed by atoms with E-state index in [2.05, 4.69) is 24.1 Å². The molecule has 1 aromatic heterocycles. The maximum absolute atomic E-state index is 13.3. The molecule has 0 N–H and O–H groups in total. The van der Waals surface area contributed by atoms with Crippen molar-refractivity contribution in [3.05, 3.63) is 35.7 Å². The highest BCUT2D eigenvalue weighted by atomic mass is 32.2. The Kier molecular flexibility index (Phi) is 5.03. The quantitative estimate of drug-likeness (QED) is 0.683. The van der Waals surface area contributed by atoms with Crippen LogP contribution in [0.15, 0.2) is 35.7 Å². The van der Waals surface area contributed by atoms with Gasteiger partial charge in [0.1, 0.15) is 5.78 Å². The molecule has 0 radical (unpaired) electrons. The fraction of sp³-hybridized carbons (Fsp3) is 0.565. The van der Waals surface area contributed by atoms with Gasteiger partial charge < -0.3 is 4.90 Å². The average molecular weight is 460 g/mol. The summed E-state index contributed by atoms with van der Waals surface area (Å²) in [4.78, 5) is 19.7. The van der Waals surface area contributed by atoms with Crippen molar-refractivity contribution < 1.29 is 13.2 Å². The molecule has 2 bridgehead atoms. The number of thiazole rings is 1.